The molecule has 0 fully saturated rings. The Labute approximate surface area is 137 Å². The van der Waals surface area contributed by atoms with E-state index in [1.165, 1.54) is 25.6 Å². The highest BCUT2D eigenvalue weighted by atomic mass is 32.2. The van der Waals surface area contributed by atoms with E-state index in [1.807, 2.05) is 6.92 Å². The Morgan fingerprint density at radius 1 is 1.30 bits per heavy atom. The summed E-state index contributed by atoms with van der Waals surface area (Å²) in [7, 11) is 0.713. The molecule has 0 aliphatic carbocycles. The number of carbonyl (C=O) groups is 1. The van der Waals surface area contributed by atoms with Crippen molar-refractivity contribution in [2.24, 2.45) is 0 Å². The Bertz CT molecular complexity index is 631. The van der Waals surface area contributed by atoms with Gasteiger partial charge in [-0.1, -0.05) is 19.4 Å². The number of nitrogens with zero attached hydrogens (tertiary/aromatic N) is 1. The molecular formula is C15H24N2O5S. The van der Waals surface area contributed by atoms with Gasteiger partial charge in [-0.15, -0.1) is 0 Å². The van der Waals surface area contributed by atoms with Crippen molar-refractivity contribution in [1.82, 2.24) is 9.03 Å². The van der Waals surface area contributed by atoms with Crippen molar-refractivity contribution in [3.63, 3.8) is 0 Å². The van der Waals surface area contributed by atoms with Gasteiger partial charge in [-0.2, -0.15) is 17.4 Å². The predicted octanol–water partition coefficient (Wildman–Crippen LogP) is 1.55. The minimum Gasteiger partial charge on any atom is -0.496 e. The lowest BCUT2D eigenvalue weighted by atomic mass is 10.1. The molecule has 0 radical (unpaired) electrons. The molecular weight excluding hydrogens is 320 g/mol. The second kappa shape index (κ2) is 8.85. The molecule has 7 nitrogen and oxygen atoms in total. The molecule has 0 atom stereocenters. The lowest BCUT2D eigenvalue weighted by molar-refractivity contribution is 0.0597. The Hall–Kier alpha value is -1.64. The average molecular weight is 344 g/mol. The zero-order valence-electron chi connectivity index (χ0n) is 14.0. The van der Waals surface area contributed by atoms with Gasteiger partial charge >= 0.3 is 5.97 Å². The van der Waals surface area contributed by atoms with Gasteiger partial charge in [0, 0.05) is 20.1 Å². The first-order chi connectivity index (χ1) is 10.9. The number of unbranched alkanes of at least 4 members (excludes halogenated alkanes) is 1. The van der Waals surface area contributed by atoms with Crippen LogP contribution in [0.1, 0.15) is 35.7 Å². The van der Waals surface area contributed by atoms with Crippen LogP contribution in [-0.2, 0) is 21.5 Å². The number of nitrogens with one attached hydrogen (secondary N) is 1. The fourth-order valence-corrected chi connectivity index (χ4v) is 2.86. The molecule has 1 N–H and O–H groups in total. The molecule has 0 unspecified atom stereocenters. The fraction of sp³-hybridized carbons (Fsp3) is 0.533. The monoisotopic (exact) mass is 344 g/mol. The summed E-state index contributed by atoms with van der Waals surface area (Å²) in [4.78, 5) is 11.7. The normalized spacial score (nSPS) is 11.5. The van der Waals surface area contributed by atoms with Crippen molar-refractivity contribution in [1.29, 1.82) is 0 Å². The van der Waals surface area contributed by atoms with E-state index in [-0.39, 0.29) is 12.1 Å². The van der Waals surface area contributed by atoms with Crippen LogP contribution in [0.2, 0.25) is 0 Å². The lowest BCUT2D eigenvalue weighted by Crippen LogP contribution is -2.38. The number of carbonyl (C=O) groups excluding carboxylic acids is 1. The highest BCUT2D eigenvalue weighted by Gasteiger charge is 2.18. The standard InChI is InChI=1S/C15H24N2O5S/c1-5-6-9-17(2)23(19,20)16-11-12-7-8-14(21-3)13(10-12)15(18)22-4/h7-8,10,16H,5-6,9,11H2,1-4H3. The number of esters is 1. The van der Waals surface area contributed by atoms with E-state index in [1.54, 1.807) is 18.2 Å². The van der Waals surface area contributed by atoms with E-state index >= 15 is 0 Å². The summed E-state index contributed by atoms with van der Waals surface area (Å²) in [6, 6.07) is 4.86. The van der Waals surface area contributed by atoms with Gasteiger partial charge in [0.15, 0.2) is 0 Å². The first kappa shape index (κ1) is 19.4. The fourth-order valence-electron chi connectivity index (χ4n) is 1.92. The SMILES string of the molecule is CCCCN(C)S(=O)(=O)NCc1ccc(OC)c(C(=O)OC)c1. The Balaban J connectivity index is 2.83. The van der Waals surface area contributed by atoms with Crippen molar-refractivity contribution >= 4 is 16.2 Å². The van der Waals surface area contributed by atoms with Crippen LogP contribution in [0.5, 0.6) is 5.75 Å². The van der Waals surface area contributed by atoms with Crippen molar-refractivity contribution in [2.45, 2.75) is 26.3 Å². The second-order valence-corrected chi connectivity index (χ2v) is 6.89. The molecule has 0 bridgehead atoms. The minimum atomic E-state index is -3.55. The minimum absolute atomic E-state index is 0.0762. The molecule has 23 heavy (non-hydrogen) atoms. The summed E-state index contributed by atoms with van der Waals surface area (Å²) in [6.45, 7) is 2.54. The second-order valence-electron chi connectivity index (χ2n) is 5.03. The Morgan fingerprint density at radius 3 is 2.57 bits per heavy atom. The van der Waals surface area contributed by atoms with E-state index in [0.717, 1.165) is 12.8 Å². The largest absolute Gasteiger partial charge is 0.496 e. The van der Waals surface area contributed by atoms with Gasteiger partial charge in [-0.05, 0) is 24.1 Å². The molecule has 0 amide bonds. The van der Waals surface area contributed by atoms with Crippen LogP contribution in [0.15, 0.2) is 18.2 Å². The smallest absolute Gasteiger partial charge is 0.341 e. The number of rotatable bonds is 9. The van der Waals surface area contributed by atoms with Crippen LogP contribution < -0.4 is 9.46 Å². The first-order valence-corrected chi connectivity index (χ1v) is 8.75. The molecule has 0 saturated carbocycles. The molecule has 0 spiro atoms. The van der Waals surface area contributed by atoms with E-state index < -0.39 is 16.2 Å². The molecule has 0 aromatic heterocycles. The third-order valence-electron chi connectivity index (χ3n) is 3.36. The number of ether oxygens (including phenoxy) is 2. The van der Waals surface area contributed by atoms with Crippen molar-refractivity contribution in [3.05, 3.63) is 29.3 Å². The summed E-state index contributed by atoms with van der Waals surface area (Å²) in [5.74, 6) is -0.157. The van der Waals surface area contributed by atoms with Crippen LogP contribution >= 0.6 is 0 Å². The van der Waals surface area contributed by atoms with Crippen molar-refractivity contribution in [3.8, 4) is 5.75 Å². The van der Waals surface area contributed by atoms with Gasteiger partial charge in [0.2, 0.25) is 0 Å². The molecule has 130 valence electrons. The highest BCUT2D eigenvalue weighted by molar-refractivity contribution is 7.87. The van der Waals surface area contributed by atoms with Crippen LogP contribution in [-0.4, -0.2) is 46.5 Å². The van der Waals surface area contributed by atoms with Gasteiger partial charge < -0.3 is 9.47 Å². The molecule has 0 aliphatic rings. The van der Waals surface area contributed by atoms with Crippen LogP contribution in [0.25, 0.3) is 0 Å². The zero-order chi connectivity index (χ0) is 17.5. The number of methoxy groups -OCH3 is 2. The van der Waals surface area contributed by atoms with Crippen LogP contribution in [0.4, 0.5) is 0 Å². The van der Waals surface area contributed by atoms with E-state index in [2.05, 4.69) is 4.72 Å². The maximum atomic E-state index is 12.1. The maximum absolute atomic E-state index is 12.1. The Morgan fingerprint density at radius 2 is 2.00 bits per heavy atom. The van der Waals surface area contributed by atoms with Gasteiger partial charge in [-0.3, -0.25) is 0 Å². The summed E-state index contributed by atoms with van der Waals surface area (Å²) in [5.41, 5.74) is 0.893. The van der Waals surface area contributed by atoms with Crippen molar-refractivity contribution in [2.75, 3.05) is 27.8 Å². The van der Waals surface area contributed by atoms with Crippen LogP contribution in [0.3, 0.4) is 0 Å². The zero-order valence-corrected chi connectivity index (χ0v) is 14.8. The van der Waals surface area contributed by atoms with E-state index in [9.17, 15) is 13.2 Å². The molecule has 8 heteroatoms. The molecule has 1 aromatic rings. The van der Waals surface area contributed by atoms with Gasteiger partial charge in [0.1, 0.15) is 11.3 Å². The first-order valence-electron chi connectivity index (χ1n) is 7.31. The third-order valence-corrected chi connectivity index (χ3v) is 4.88. The van der Waals surface area contributed by atoms with Gasteiger partial charge in [0.25, 0.3) is 10.2 Å². The molecule has 0 saturated heterocycles. The van der Waals surface area contributed by atoms with Gasteiger partial charge in [0.05, 0.1) is 14.2 Å². The highest BCUT2D eigenvalue weighted by Crippen LogP contribution is 2.21. The molecule has 1 rings (SSSR count). The number of hydrogen-bond donors (Lipinski definition) is 1. The third kappa shape index (κ3) is 5.49. The molecule has 0 aliphatic heterocycles. The summed E-state index contributed by atoms with van der Waals surface area (Å²) in [5, 5.41) is 0. The maximum Gasteiger partial charge on any atom is 0.341 e. The lowest BCUT2D eigenvalue weighted by Gasteiger charge is -2.17. The van der Waals surface area contributed by atoms with Crippen molar-refractivity contribution < 1.29 is 22.7 Å². The summed E-state index contributed by atoms with van der Waals surface area (Å²) in [6.07, 6.45) is 1.72. The predicted molar refractivity (Wildman–Crippen MR) is 87.6 cm³/mol. The number of benzene rings is 1. The molecule has 0 heterocycles. The quantitative estimate of drug-likeness (QED) is 0.687. The van der Waals surface area contributed by atoms with E-state index in [4.69, 9.17) is 9.47 Å². The molecule has 1 aromatic carbocycles. The van der Waals surface area contributed by atoms with Gasteiger partial charge in [-0.25, -0.2) is 4.79 Å². The van der Waals surface area contributed by atoms with E-state index in [0.29, 0.717) is 17.9 Å². The summed E-state index contributed by atoms with van der Waals surface area (Å²) < 4.78 is 37.8. The summed E-state index contributed by atoms with van der Waals surface area (Å²) >= 11 is 0. The Kier molecular flexibility index (Phi) is 7.47. The average Bonchev–Trinajstić information content (AvgIpc) is 2.56. The number of hydrogen-bond acceptors (Lipinski definition) is 5. The van der Waals surface area contributed by atoms with Crippen LogP contribution in [0, 0.1) is 0 Å². The topological polar surface area (TPSA) is 84.9 Å².